The standard InChI is InChI=1S/C20H23N3OS2/c24-19(9-8-18-7-4-14-26-18)22-20(25)21-17-10-12-23(13-11-17)15-16-5-2-1-3-6-16/h1-9,14,17H,10-13,15H2,(H2,21,22,24,25)/p+1/b9-8+. The second-order valence-electron chi connectivity index (χ2n) is 6.50. The molecule has 6 heteroatoms. The molecule has 0 unspecified atom stereocenters. The van der Waals surface area contributed by atoms with Crippen molar-refractivity contribution >= 4 is 40.7 Å². The molecule has 1 aromatic carbocycles. The van der Waals surface area contributed by atoms with Crippen LogP contribution in [-0.2, 0) is 11.3 Å². The third-order valence-electron chi connectivity index (χ3n) is 4.50. The zero-order valence-electron chi connectivity index (χ0n) is 14.6. The van der Waals surface area contributed by atoms with Crippen molar-refractivity contribution in [2.75, 3.05) is 13.1 Å². The molecule has 3 N–H and O–H groups in total. The van der Waals surface area contributed by atoms with Crippen molar-refractivity contribution in [3.63, 3.8) is 0 Å². The fourth-order valence-corrected chi connectivity index (χ4v) is 4.04. The molecule has 0 saturated carbocycles. The van der Waals surface area contributed by atoms with Crippen molar-refractivity contribution in [1.29, 1.82) is 0 Å². The molecule has 26 heavy (non-hydrogen) atoms. The first-order chi connectivity index (χ1) is 12.7. The highest BCUT2D eigenvalue weighted by molar-refractivity contribution is 7.80. The van der Waals surface area contributed by atoms with Crippen LogP contribution >= 0.6 is 23.6 Å². The average molecular weight is 387 g/mol. The maximum Gasteiger partial charge on any atom is 0.250 e. The Labute approximate surface area is 163 Å². The molecule has 0 radical (unpaired) electrons. The van der Waals surface area contributed by atoms with Crippen molar-refractivity contribution in [1.82, 2.24) is 10.6 Å². The Bertz CT molecular complexity index is 736. The zero-order chi connectivity index (χ0) is 18.2. The second kappa shape index (κ2) is 9.62. The minimum absolute atomic E-state index is 0.192. The van der Waals surface area contributed by atoms with Gasteiger partial charge < -0.3 is 10.2 Å². The van der Waals surface area contributed by atoms with Crippen LogP contribution in [0.2, 0.25) is 0 Å². The average Bonchev–Trinajstić information content (AvgIpc) is 3.16. The maximum absolute atomic E-state index is 11.9. The summed E-state index contributed by atoms with van der Waals surface area (Å²) in [6, 6.07) is 14.9. The van der Waals surface area contributed by atoms with Gasteiger partial charge in [-0.2, -0.15) is 0 Å². The number of rotatable bonds is 5. The van der Waals surface area contributed by atoms with E-state index in [2.05, 4.69) is 41.0 Å². The lowest BCUT2D eigenvalue weighted by atomic mass is 10.0. The number of carbonyl (C=O) groups is 1. The Kier molecular flexibility index (Phi) is 6.94. The molecule has 136 valence electrons. The summed E-state index contributed by atoms with van der Waals surface area (Å²) in [6.07, 6.45) is 5.44. The molecule has 4 nitrogen and oxygen atoms in total. The molecule has 3 rings (SSSR count). The molecule has 1 aliphatic heterocycles. The topological polar surface area (TPSA) is 45.6 Å². The highest BCUT2D eigenvalue weighted by atomic mass is 32.1. The highest BCUT2D eigenvalue weighted by Crippen LogP contribution is 2.09. The summed E-state index contributed by atoms with van der Waals surface area (Å²) in [5, 5.41) is 8.42. The fourth-order valence-electron chi connectivity index (χ4n) is 3.15. The molecule has 1 aliphatic rings. The number of piperidine rings is 1. The van der Waals surface area contributed by atoms with Gasteiger partial charge in [0.15, 0.2) is 5.11 Å². The minimum atomic E-state index is -0.192. The Morgan fingerprint density at radius 1 is 1.19 bits per heavy atom. The second-order valence-corrected chi connectivity index (χ2v) is 7.89. The lowest BCUT2D eigenvalue weighted by Gasteiger charge is -2.30. The summed E-state index contributed by atoms with van der Waals surface area (Å²) in [5.74, 6) is -0.192. The van der Waals surface area contributed by atoms with Crippen molar-refractivity contribution in [3.8, 4) is 0 Å². The fraction of sp³-hybridized carbons (Fsp3) is 0.300. The van der Waals surface area contributed by atoms with E-state index in [9.17, 15) is 4.79 Å². The van der Waals surface area contributed by atoms with Crippen LogP contribution in [0.4, 0.5) is 0 Å². The summed E-state index contributed by atoms with van der Waals surface area (Å²) >= 11 is 6.87. The molecule has 2 heterocycles. The Hall–Kier alpha value is -2.02. The van der Waals surface area contributed by atoms with Gasteiger partial charge in [0, 0.05) is 35.4 Å². The third-order valence-corrected chi connectivity index (χ3v) is 5.56. The molecule has 2 aromatic rings. The SMILES string of the molecule is O=C(/C=C/c1cccs1)NC(=S)NC1CC[NH+](Cc2ccccc2)CC1. The Balaban J connectivity index is 1.37. The van der Waals surface area contributed by atoms with Gasteiger partial charge in [-0.05, 0) is 29.7 Å². The summed E-state index contributed by atoms with van der Waals surface area (Å²) in [6.45, 7) is 3.30. The van der Waals surface area contributed by atoms with Crippen LogP contribution < -0.4 is 15.5 Å². The van der Waals surface area contributed by atoms with Crippen LogP contribution in [0.15, 0.2) is 53.9 Å². The van der Waals surface area contributed by atoms with E-state index in [0.29, 0.717) is 11.2 Å². The molecule has 1 aromatic heterocycles. The van der Waals surface area contributed by atoms with Crippen molar-refractivity contribution in [3.05, 3.63) is 64.4 Å². The van der Waals surface area contributed by atoms with E-state index in [0.717, 1.165) is 37.4 Å². The monoisotopic (exact) mass is 386 g/mol. The molecule has 0 atom stereocenters. The molecule has 1 saturated heterocycles. The first-order valence-corrected chi connectivity index (χ1v) is 10.2. The Morgan fingerprint density at radius 2 is 1.96 bits per heavy atom. The van der Waals surface area contributed by atoms with Crippen LogP contribution in [0, 0.1) is 0 Å². The maximum atomic E-state index is 11.9. The molecule has 0 bridgehead atoms. The number of nitrogens with one attached hydrogen (secondary N) is 3. The number of quaternary nitrogens is 1. The normalized spacial score (nSPS) is 20.0. The van der Waals surface area contributed by atoms with Crippen LogP contribution in [0.1, 0.15) is 23.3 Å². The van der Waals surface area contributed by atoms with E-state index in [1.807, 2.05) is 17.5 Å². The van der Waals surface area contributed by atoms with Gasteiger partial charge in [0.2, 0.25) is 5.91 Å². The van der Waals surface area contributed by atoms with E-state index >= 15 is 0 Å². The number of thiophene rings is 1. The lowest BCUT2D eigenvalue weighted by Crippen LogP contribution is -3.12. The number of hydrogen-bond donors (Lipinski definition) is 3. The first-order valence-electron chi connectivity index (χ1n) is 8.89. The third kappa shape index (κ3) is 6.05. The molecule has 0 aliphatic carbocycles. The van der Waals surface area contributed by atoms with Gasteiger partial charge in [0.1, 0.15) is 6.54 Å². The number of hydrogen-bond acceptors (Lipinski definition) is 3. The highest BCUT2D eigenvalue weighted by Gasteiger charge is 2.22. The van der Waals surface area contributed by atoms with Crippen molar-refractivity contribution in [2.24, 2.45) is 0 Å². The smallest absolute Gasteiger partial charge is 0.250 e. The van der Waals surface area contributed by atoms with Crippen LogP contribution in [0.3, 0.4) is 0 Å². The van der Waals surface area contributed by atoms with Gasteiger partial charge >= 0.3 is 0 Å². The number of thiocarbonyl (C=S) groups is 1. The first kappa shape index (κ1) is 18.8. The van der Waals surface area contributed by atoms with Gasteiger partial charge in [-0.25, -0.2) is 0 Å². The number of carbonyl (C=O) groups excluding carboxylic acids is 1. The van der Waals surface area contributed by atoms with E-state index in [1.54, 1.807) is 22.3 Å². The molecule has 1 fully saturated rings. The van der Waals surface area contributed by atoms with Crippen LogP contribution in [-0.4, -0.2) is 30.2 Å². The van der Waals surface area contributed by atoms with Crippen LogP contribution in [0.5, 0.6) is 0 Å². The van der Waals surface area contributed by atoms with Gasteiger partial charge in [0.05, 0.1) is 13.1 Å². The number of likely N-dealkylation sites (tertiary alicyclic amines) is 1. The van der Waals surface area contributed by atoms with Crippen molar-refractivity contribution in [2.45, 2.75) is 25.4 Å². The predicted octanol–water partition coefficient (Wildman–Crippen LogP) is 2.00. The summed E-state index contributed by atoms with van der Waals surface area (Å²) in [7, 11) is 0. The van der Waals surface area contributed by atoms with E-state index in [1.165, 1.54) is 11.6 Å². The zero-order valence-corrected chi connectivity index (χ0v) is 16.2. The summed E-state index contributed by atoms with van der Waals surface area (Å²) in [4.78, 5) is 14.6. The summed E-state index contributed by atoms with van der Waals surface area (Å²) in [5.41, 5.74) is 1.38. The molecular formula is C20H24N3OS2+. The molecule has 0 spiro atoms. The molecular weight excluding hydrogens is 362 g/mol. The predicted molar refractivity (Wildman–Crippen MR) is 111 cm³/mol. The number of benzene rings is 1. The van der Waals surface area contributed by atoms with Gasteiger partial charge in [-0.1, -0.05) is 36.4 Å². The quantitative estimate of drug-likeness (QED) is 0.544. The number of amides is 1. The van der Waals surface area contributed by atoms with Gasteiger partial charge in [-0.3, -0.25) is 10.1 Å². The largest absolute Gasteiger partial charge is 0.359 e. The molecule has 1 amide bonds. The van der Waals surface area contributed by atoms with Gasteiger partial charge in [0.25, 0.3) is 0 Å². The Morgan fingerprint density at radius 3 is 2.65 bits per heavy atom. The lowest BCUT2D eigenvalue weighted by molar-refractivity contribution is -0.918. The van der Waals surface area contributed by atoms with Gasteiger partial charge in [-0.15, -0.1) is 11.3 Å². The van der Waals surface area contributed by atoms with E-state index < -0.39 is 0 Å². The van der Waals surface area contributed by atoms with Crippen LogP contribution in [0.25, 0.3) is 6.08 Å². The van der Waals surface area contributed by atoms with Crippen molar-refractivity contribution < 1.29 is 9.69 Å². The van der Waals surface area contributed by atoms with E-state index in [-0.39, 0.29) is 5.91 Å². The van der Waals surface area contributed by atoms with E-state index in [4.69, 9.17) is 12.2 Å². The summed E-state index contributed by atoms with van der Waals surface area (Å²) < 4.78 is 0. The minimum Gasteiger partial charge on any atom is -0.359 e.